The van der Waals surface area contributed by atoms with Crippen molar-refractivity contribution < 1.29 is 18.0 Å². The normalized spacial score (nSPS) is 18.1. The zero-order chi connectivity index (χ0) is 20.3. The van der Waals surface area contributed by atoms with Crippen LogP contribution in [0.1, 0.15) is 6.42 Å². The molecule has 0 bridgehead atoms. The smallest absolute Gasteiger partial charge is 0.240 e. The Hall–Kier alpha value is -2.40. The molecule has 0 spiro atoms. The highest BCUT2D eigenvalue weighted by atomic mass is 35.5. The summed E-state index contributed by atoms with van der Waals surface area (Å²) in [4.78, 5) is 28.5. The molecule has 8 nitrogen and oxygen atoms in total. The van der Waals surface area contributed by atoms with Gasteiger partial charge in [-0.2, -0.15) is 0 Å². The minimum Gasteiger partial charge on any atom is -0.326 e. The number of primary sulfonamides is 1. The van der Waals surface area contributed by atoms with Crippen LogP contribution in [0, 0.1) is 0 Å². The highest BCUT2D eigenvalue weighted by Gasteiger charge is 2.32. The van der Waals surface area contributed by atoms with Crippen LogP contribution in [0.25, 0.3) is 0 Å². The summed E-state index contributed by atoms with van der Waals surface area (Å²) in [5.74, 6) is -0.634. The number of aliphatic imine (C=N–C) groups is 1. The van der Waals surface area contributed by atoms with E-state index in [-0.39, 0.29) is 23.1 Å². The number of rotatable bonds is 5. The van der Waals surface area contributed by atoms with Gasteiger partial charge in [0.1, 0.15) is 5.25 Å². The van der Waals surface area contributed by atoms with E-state index < -0.39 is 15.3 Å². The number of nitrogens with two attached hydrogens (primary N) is 1. The van der Waals surface area contributed by atoms with Crippen molar-refractivity contribution in [3.05, 3.63) is 53.6 Å². The highest BCUT2D eigenvalue weighted by Crippen LogP contribution is 2.26. The van der Waals surface area contributed by atoms with Gasteiger partial charge >= 0.3 is 0 Å². The molecule has 1 aliphatic heterocycles. The molecule has 0 radical (unpaired) electrons. The first-order valence-corrected chi connectivity index (χ1v) is 10.8. The van der Waals surface area contributed by atoms with Crippen LogP contribution in [0.5, 0.6) is 0 Å². The van der Waals surface area contributed by atoms with Crippen molar-refractivity contribution in [2.75, 3.05) is 5.32 Å². The van der Waals surface area contributed by atoms with Crippen LogP contribution in [-0.4, -0.2) is 30.6 Å². The second kappa shape index (κ2) is 8.31. The number of carbonyl (C=O) groups excluding carboxylic acids is 2. The van der Waals surface area contributed by atoms with Gasteiger partial charge in [-0.1, -0.05) is 23.4 Å². The number of amidine groups is 1. The number of carbonyl (C=O) groups is 2. The second-order valence-corrected chi connectivity index (χ2v) is 9.00. The van der Waals surface area contributed by atoms with Crippen molar-refractivity contribution in [1.29, 1.82) is 0 Å². The number of nitrogens with one attached hydrogen (secondary N) is 2. The summed E-state index contributed by atoms with van der Waals surface area (Å²) in [6.45, 7) is 0. The molecule has 1 heterocycles. The minimum absolute atomic E-state index is 0.0253. The molecule has 1 saturated heterocycles. The van der Waals surface area contributed by atoms with E-state index in [1.54, 1.807) is 24.3 Å². The zero-order valence-corrected chi connectivity index (χ0v) is 16.6. The van der Waals surface area contributed by atoms with E-state index in [2.05, 4.69) is 15.6 Å². The third-order valence-corrected chi connectivity index (χ3v) is 5.93. The van der Waals surface area contributed by atoms with E-state index in [0.29, 0.717) is 21.6 Å². The third kappa shape index (κ3) is 5.32. The monoisotopic (exact) mass is 438 g/mol. The van der Waals surface area contributed by atoms with Crippen LogP contribution in [0.4, 0.5) is 11.4 Å². The van der Waals surface area contributed by atoms with Crippen LogP contribution in [0.2, 0.25) is 5.02 Å². The standard InChI is InChI=1S/C17H15ClN4O4S2/c18-10-1-3-11(4-2-10)20-15(23)9-14-16(24)22-17(27-14)21-12-5-7-13(8-6-12)28(19,25)26/h1-8,14H,9H2,(H,20,23)(H2,19,25,26)(H,21,22,24)/t14-/m0/s1. The van der Waals surface area contributed by atoms with Crippen LogP contribution in [-0.2, 0) is 19.6 Å². The molecule has 28 heavy (non-hydrogen) atoms. The second-order valence-electron chi connectivity index (χ2n) is 5.81. The molecule has 0 aliphatic carbocycles. The van der Waals surface area contributed by atoms with E-state index in [1.165, 1.54) is 24.3 Å². The maximum absolute atomic E-state index is 12.1. The number of sulfonamides is 1. The summed E-state index contributed by atoms with van der Waals surface area (Å²) >= 11 is 6.93. The lowest BCUT2D eigenvalue weighted by Gasteiger charge is -2.07. The van der Waals surface area contributed by atoms with Gasteiger partial charge in [-0.25, -0.2) is 18.5 Å². The van der Waals surface area contributed by atoms with Crippen LogP contribution < -0.4 is 15.8 Å². The molecule has 2 aromatic carbocycles. The Balaban J connectivity index is 1.62. The first kappa shape index (κ1) is 20.3. The number of anilines is 1. The molecule has 1 fully saturated rings. The molecule has 0 unspecified atom stereocenters. The first-order valence-electron chi connectivity index (χ1n) is 7.95. The molecule has 1 atom stereocenters. The van der Waals surface area contributed by atoms with Crippen molar-refractivity contribution in [2.24, 2.45) is 10.1 Å². The summed E-state index contributed by atoms with van der Waals surface area (Å²) in [5.41, 5.74) is 1.03. The van der Waals surface area contributed by atoms with E-state index in [9.17, 15) is 18.0 Å². The Labute approximate surface area is 170 Å². The number of hydrogen-bond acceptors (Lipinski definition) is 6. The summed E-state index contributed by atoms with van der Waals surface area (Å²) in [5, 5.41) is 10.6. The van der Waals surface area contributed by atoms with Gasteiger partial charge in [0.05, 0.1) is 10.6 Å². The first-order chi connectivity index (χ1) is 13.2. The van der Waals surface area contributed by atoms with Crippen molar-refractivity contribution in [3.63, 3.8) is 0 Å². The maximum Gasteiger partial charge on any atom is 0.240 e. The van der Waals surface area contributed by atoms with Crippen LogP contribution in [0.15, 0.2) is 58.4 Å². The summed E-state index contributed by atoms with van der Waals surface area (Å²) < 4.78 is 22.5. The number of halogens is 1. The molecular weight excluding hydrogens is 424 g/mol. The van der Waals surface area contributed by atoms with Gasteiger partial charge in [-0.05, 0) is 48.5 Å². The van der Waals surface area contributed by atoms with Crippen LogP contribution in [0.3, 0.4) is 0 Å². The molecule has 0 saturated carbocycles. The molecule has 11 heteroatoms. The number of amides is 2. The number of hydrogen-bond donors (Lipinski definition) is 3. The maximum atomic E-state index is 12.1. The topological polar surface area (TPSA) is 131 Å². The molecule has 1 aliphatic rings. The van der Waals surface area contributed by atoms with Gasteiger partial charge in [-0.3, -0.25) is 9.59 Å². The fourth-order valence-electron chi connectivity index (χ4n) is 2.33. The number of benzene rings is 2. The highest BCUT2D eigenvalue weighted by molar-refractivity contribution is 8.15. The average Bonchev–Trinajstić information content (AvgIpc) is 2.95. The van der Waals surface area contributed by atoms with E-state index >= 15 is 0 Å². The van der Waals surface area contributed by atoms with E-state index in [4.69, 9.17) is 16.7 Å². The Bertz CT molecular complexity index is 1040. The lowest BCUT2D eigenvalue weighted by Crippen LogP contribution is -2.28. The third-order valence-electron chi connectivity index (χ3n) is 3.67. The van der Waals surface area contributed by atoms with Crippen molar-refractivity contribution in [3.8, 4) is 0 Å². The van der Waals surface area contributed by atoms with E-state index in [0.717, 1.165) is 11.8 Å². The predicted octanol–water partition coefficient (Wildman–Crippen LogP) is 2.24. The fraction of sp³-hybridized carbons (Fsp3) is 0.118. The van der Waals surface area contributed by atoms with Gasteiger partial charge in [0.2, 0.25) is 21.8 Å². The number of thioether (sulfide) groups is 1. The molecule has 4 N–H and O–H groups in total. The van der Waals surface area contributed by atoms with Gasteiger partial charge in [-0.15, -0.1) is 0 Å². The van der Waals surface area contributed by atoms with Crippen molar-refractivity contribution in [1.82, 2.24) is 5.32 Å². The van der Waals surface area contributed by atoms with Crippen LogP contribution >= 0.6 is 23.4 Å². The Morgan fingerprint density at radius 3 is 2.43 bits per heavy atom. The zero-order valence-electron chi connectivity index (χ0n) is 14.3. The molecule has 2 aromatic rings. The SMILES string of the molecule is NS(=O)(=O)c1ccc(N=C2NC(=O)[C@H](CC(=O)Nc3ccc(Cl)cc3)S2)cc1. The lowest BCUT2D eigenvalue weighted by molar-refractivity contribution is -0.122. The molecule has 2 amide bonds. The summed E-state index contributed by atoms with van der Waals surface area (Å²) in [7, 11) is -3.78. The molecular formula is C17H15ClN4O4S2. The predicted molar refractivity (Wildman–Crippen MR) is 109 cm³/mol. The lowest BCUT2D eigenvalue weighted by atomic mass is 10.2. The number of nitrogens with zero attached hydrogens (tertiary/aromatic N) is 1. The molecule has 146 valence electrons. The Morgan fingerprint density at radius 2 is 1.82 bits per heavy atom. The van der Waals surface area contributed by atoms with E-state index in [1.807, 2.05) is 0 Å². The summed E-state index contributed by atoms with van der Waals surface area (Å²) in [6, 6.07) is 12.2. The Kier molecular flexibility index (Phi) is 6.04. The molecule has 3 rings (SSSR count). The Morgan fingerprint density at radius 1 is 1.18 bits per heavy atom. The van der Waals surface area contributed by atoms with Gasteiger partial charge in [0.25, 0.3) is 0 Å². The summed E-state index contributed by atoms with van der Waals surface area (Å²) in [6.07, 6.45) is -0.0253. The minimum atomic E-state index is -3.78. The largest absolute Gasteiger partial charge is 0.326 e. The quantitative estimate of drug-likeness (QED) is 0.658. The molecule has 0 aromatic heterocycles. The van der Waals surface area contributed by atoms with Crippen molar-refractivity contribution >= 4 is 61.7 Å². The van der Waals surface area contributed by atoms with Gasteiger partial charge < -0.3 is 10.6 Å². The average molecular weight is 439 g/mol. The van der Waals surface area contributed by atoms with Crippen molar-refractivity contribution in [2.45, 2.75) is 16.6 Å². The van der Waals surface area contributed by atoms with Gasteiger partial charge in [0.15, 0.2) is 5.17 Å². The fourth-order valence-corrected chi connectivity index (χ4v) is 3.96. The van der Waals surface area contributed by atoms with Gasteiger partial charge in [0, 0.05) is 17.1 Å².